The maximum absolute atomic E-state index is 10.7. The van der Waals surface area contributed by atoms with Crippen LogP contribution in [0.25, 0.3) is 0 Å². The number of hydrogen-bond acceptors (Lipinski definition) is 2. The maximum atomic E-state index is 10.7. The summed E-state index contributed by atoms with van der Waals surface area (Å²) in [6.45, 7) is 1.55. The molecule has 0 aromatic carbocycles. The molecule has 3 heteroatoms. The van der Waals surface area contributed by atoms with Crippen molar-refractivity contribution in [1.82, 2.24) is 0 Å². The molecule has 0 bridgehead atoms. The number of nitrogens with two attached hydrogens (primary N) is 1. The van der Waals surface area contributed by atoms with E-state index in [4.69, 9.17) is 10.8 Å². The minimum Gasteiger partial charge on any atom is -0.480 e. The van der Waals surface area contributed by atoms with Crippen LogP contribution >= 0.6 is 0 Å². The second kappa shape index (κ2) is 3.11. The highest BCUT2D eigenvalue weighted by molar-refractivity contribution is 5.78. The Bertz CT molecular complexity index is 241. The zero-order valence-corrected chi connectivity index (χ0v) is 7.03. The highest BCUT2D eigenvalue weighted by Crippen LogP contribution is 2.23. The van der Waals surface area contributed by atoms with Crippen molar-refractivity contribution in [3.63, 3.8) is 0 Å². The van der Waals surface area contributed by atoms with Crippen LogP contribution in [0.2, 0.25) is 0 Å². The molecule has 1 aliphatic rings. The Morgan fingerprint density at radius 2 is 2.33 bits per heavy atom. The second-order valence-corrected chi connectivity index (χ2v) is 3.24. The maximum Gasteiger partial charge on any atom is 0.324 e. The summed E-state index contributed by atoms with van der Waals surface area (Å²) in [5.74, 6) is -1.05. The highest BCUT2D eigenvalue weighted by atomic mass is 16.4. The zero-order valence-electron chi connectivity index (χ0n) is 7.03. The minimum atomic E-state index is -1.15. The normalized spacial score (nSPS) is 26.7. The van der Waals surface area contributed by atoms with E-state index in [1.54, 1.807) is 6.92 Å². The van der Waals surface area contributed by atoms with Crippen molar-refractivity contribution in [3.05, 3.63) is 24.3 Å². The molecule has 0 saturated carbocycles. The molecule has 1 aliphatic carbocycles. The summed E-state index contributed by atoms with van der Waals surface area (Å²) >= 11 is 0. The fourth-order valence-corrected chi connectivity index (χ4v) is 1.18. The molecule has 0 aliphatic heterocycles. The van der Waals surface area contributed by atoms with Gasteiger partial charge in [-0.15, -0.1) is 0 Å². The Morgan fingerprint density at radius 1 is 1.67 bits per heavy atom. The van der Waals surface area contributed by atoms with Gasteiger partial charge in [0, 0.05) is 5.92 Å². The van der Waals surface area contributed by atoms with E-state index in [0.29, 0.717) is 6.42 Å². The van der Waals surface area contributed by atoms with Crippen molar-refractivity contribution in [1.29, 1.82) is 0 Å². The molecule has 0 heterocycles. The summed E-state index contributed by atoms with van der Waals surface area (Å²) in [5.41, 5.74) is 4.50. The van der Waals surface area contributed by atoms with Crippen molar-refractivity contribution < 1.29 is 9.90 Å². The highest BCUT2D eigenvalue weighted by Gasteiger charge is 2.35. The van der Waals surface area contributed by atoms with Gasteiger partial charge in [0.25, 0.3) is 0 Å². The lowest BCUT2D eigenvalue weighted by atomic mass is 9.82. The molecule has 12 heavy (non-hydrogen) atoms. The molecule has 0 saturated heterocycles. The number of carboxylic acids is 1. The van der Waals surface area contributed by atoms with Gasteiger partial charge in [0.2, 0.25) is 0 Å². The quantitative estimate of drug-likeness (QED) is 0.642. The van der Waals surface area contributed by atoms with Crippen LogP contribution in [0.1, 0.15) is 13.3 Å². The van der Waals surface area contributed by atoms with Crippen LogP contribution in [0, 0.1) is 5.92 Å². The van der Waals surface area contributed by atoms with Gasteiger partial charge in [-0.3, -0.25) is 4.79 Å². The fraction of sp³-hybridized carbons (Fsp3) is 0.444. The first-order chi connectivity index (χ1) is 5.55. The van der Waals surface area contributed by atoms with Crippen LogP contribution in [-0.2, 0) is 4.79 Å². The summed E-state index contributed by atoms with van der Waals surface area (Å²) in [7, 11) is 0. The number of hydrogen-bond donors (Lipinski definition) is 2. The first-order valence-electron chi connectivity index (χ1n) is 3.90. The van der Waals surface area contributed by atoms with Crippen LogP contribution in [0.4, 0.5) is 0 Å². The molecule has 3 N–H and O–H groups in total. The Kier molecular flexibility index (Phi) is 2.33. The summed E-state index contributed by atoms with van der Waals surface area (Å²) in [4.78, 5) is 10.7. The van der Waals surface area contributed by atoms with Gasteiger partial charge >= 0.3 is 5.97 Å². The monoisotopic (exact) mass is 167 g/mol. The standard InChI is InChI=1S/C9H13NO2/c1-9(10,8(11)12)7-5-3-2-4-6-7/h2-5,7H,6,10H2,1H3,(H,11,12). The molecule has 0 aromatic rings. The van der Waals surface area contributed by atoms with Crippen LogP contribution in [0.15, 0.2) is 24.3 Å². The molecule has 0 spiro atoms. The predicted octanol–water partition coefficient (Wildman–Crippen LogP) is 0.921. The van der Waals surface area contributed by atoms with Gasteiger partial charge in [-0.25, -0.2) is 0 Å². The fourth-order valence-electron chi connectivity index (χ4n) is 1.18. The number of rotatable bonds is 2. The van der Waals surface area contributed by atoms with E-state index in [2.05, 4.69) is 0 Å². The average molecular weight is 167 g/mol. The van der Waals surface area contributed by atoms with Crippen LogP contribution in [0.5, 0.6) is 0 Å². The van der Waals surface area contributed by atoms with Crippen LogP contribution in [0.3, 0.4) is 0 Å². The smallest absolute Gasteiger partial charge is 0.324 e. The van der Waals surface area contributed by atoms with Crippen LogP contribution < -0.4 is 5.73 Å². The number of aliphatic carboxylic acids is 1. The van der Waals surface area contributed by atoms with Crippen molar-refractivity contribution in [2.24, 2.45) is 11.7 Å². The van der Waals surface area contributed by atoms with Crippen molar-refractivity contribution in [2.45, 2.75) is 18.9 Å². The number of carbonyl (C=O) groups is 1. The molecule has 3 nitrogen and oxygen atoms in total. The molecule has 66 valence electrons. The molecule has 0 amide bonds. The topological polar surface area (TPSA) is 63.3 Å². The van der Waals surface area contributed by atoms with E-state index < -0.39 is 11.5 Å². The van der Waals surface area contributed by atoms with Crippen molar-refractivity contribution in [3.8, 4) is 0 Å². The Morgan fingerprint density at radius 3 is 2.75 bits per heavy atom. The predicted molar refractivity (Wildman–Crippen MR) is 46.6 cm³/mol. The van der Waals surface area contributed by atoms with Gasteiger partial charge in [0.15, 0.2) is 0 Å². The summed E-state index contributed by atoms with van der Waals surface area (Å²) in [5, 5.41) is 8.81. The lowest BCUT2D eigenvalue weighted by Crippen LogP contribution is -2.50. The van der Waals surface area contributed by atoms with E-state index in [-0.39, 0.29) is 5.92 Å². The third kappa shape index (κ3) is 1.56. The van der Waals surface area contributed by atoms with Gasteiger partial charge in [0.1, 0.15) is 5.54 Å². The van der Waals surface area contributed by atoms with Gasteiger partial charge in [-0.05, 0) is 13.3 Å². The summed E-state index contributed by atoms with van der Waals surface area (Å²) in [6, 6.07) is 0. The third-order valence-electron chi connectivity index (χ3n) is 2.21. The summed E-state index contributed by atoms with van der Waals surface area (Å²) in [6.07, 6.45) is 8.21. The summed E-state index contributed by atoms with van der Waals surface area (Å²) < 4.78 is 0. The third-order valence-corrected chi connectivity index (χ3v) is 2.21. The van der Waals surface area contributed by atoms with Gasteiger partial charge in [0.05, 0.1) is 0 Å². The lowest BCUT2D eigenvalue weighted by Gasteiger charge is -2.27. The van der Waals surface area contributed by atoms with E-state index in [1.165, 1.54) is 0 Å². The largest absolute Gasteiger partial charge is 0.480 e. The first-order valence-corrected chi connectivity index (χ1v) is 3.90. The van der Waals surface area contributed by atoms with Crippen LogP contribution in [-0.4, -0.2) is 16.6 Å². The molecule has 2 unspecified atom stereocenters. The first kappa shape index (κ1) is 9.00. The Balaban J connectivity index is 2.75. The number of allylic oxidation sites excluding steroid dienone is 3. The van der Waals surface area contributed by atoms with Gasteiger partial charge < -0.3 is 10.8 Å². The van der Waals surface area contributed by atoms with Gasteiger partial charge in [-0.1, -0.05) is 24.3 Å². The zero-order chi connectivity index (χ0) is 9.19. The molecular formula is C9H13NO2. The van der Waals surface area contributed by atoms with E-state index >= 15 is 0 Å². The second-order valence-electron chi connectivity index (χ2n) is 3.24. The average Bonchev–Trinajstić information content (AvgIpc) is 2.06. The van der Waals surface area contributed by atoms with E-state index in [1.807, 2.05) is 24.3 Å². The lowest BCUT2D eigenvalue weighted by molar-refractivity contribution is -0.144. The molecule has 1 rings (SSSR count). The molecule has 0 fully saturated rings. The minimum absolute atomic E-state index is 0.0972. The Hall–Kier alpha value is -1.09. The van der Waals surface area contributed by atoms with E-state index in [0.717, 1.165) is 0 Å². The Labute approximate surface area is 71.6 Å². The van der Waals surface area contributed by atoms with Gasteiger partial charge in [-0.2, -0.15) is 0 Å². The molecule has 0 aromatic heterocycles. The molecule has 0 radical (unpaired) electrons. The van der Waals surface area contributed by atoms with Crippen molar-refractivity contribution in [2.75, 3.05) is 0 Å². The number of carboxylic acid groups (broad SMARTS) is 1. The SMILES string of the molecule is CC(N)(C(=O)O)C1C=CC=CC1. The molecule has 2 atom stereocenters. The molecular weight excluding hydrogens is 154 g/mol. The van der Waals surface area contributed by atoms with E-state index in [9.17, 15) is 4.79 Å². The van der Waals surface area contributed by atoms with Crippen molar-refractivity contribution >= 4 is 5.97 Å².